The summed E-state index contributed by atoms with van der Waals surface area (Å²) in [4.78, 5) is 3.30. The van der Waals surface area contributed by atoms with Crippen molar-refractivity contribution in [2.45, 2.75) is 13.5 Å². The van der Waals surface area contributed by atoms with Crippen LogP contribution in [0.15, 0.2) is 40.9 Å². The summed E-state index contributed by atoms with van der Waals surface area (Å²) in [5.41, 5.74) is 3.65. The highest BCUT2D eigenvalue weighted by Crippen LogP contribution is 2.29. The van der Waals surface area contributed by atoms with Gasteiger partial charge in [0, 0.05) is 16.6 Å². The van der Waals surface area contributed by atoms with Crippen molar-refractivity contribution < 1.29 is 4.39 Å². The zero-order valence-electron chi connectivity index (χ0n) is 11.3. The third-order valence-corrected chi connectivity index (χ3v) is 4.48. The molecule has 108 valence electrons. The van der Waals surface area contributed by atoms with Crippen LogP contribution in [0.2, 0.25) is 5.02 Å². The molecule has 0 bridgehead atoms. The van der Waals surface area contributed by atoms with Gasteiger partial charge in [0.05, 0.1) is 21.7 Å². The van der Waals surface area contributed by atoms with E-state index in [4.69, 9.17) is 11.6 Å². The van der Waals surface area contributed by atoms with Crippen molar-refractivity contribution in [3.05, 3.63) is 63.0 Å². The number of fused-ring (bicyclic) bond motifs is 1. The number of aromatic amines is 1. The van der Waals surface area contributed by atoms with E-state index >= 15 is 0 Å². The van der Waals surface area contributed by atoms with E-state index in [0.29, 0.717) is 11.0 Å². The third-order valence-electron chi connectivity index (χ3n) is 3.44. The van der Waals surface area contributed by atoms with Gasteiger partial charge in [0.25, 0.3) is 0 Å². The maximum Gasteiger partial charge on any atom is 0.137 e. The van der Waals surface area contributed by atoms with Crippen molar-refractivity contribution in [2.24, 2.45) is 0 Å². The Bertz CT molecular complexity index is 813. The van der Waals surface area contributed by atoms with Crippen molar-refractivity contribution >= 4 is 44.1 Å². The van der Waals surface area contributed by atoms with Gasteiger partial charge >= 0.3 is 0 Å². The Morgan fingerprint density at radius 3 is 2.81 bits per heavy atom. The smallest absolute Gasteiger partial charge is 0.137 e. The summed E-state index contributed by atoms with van der Waals surface area (Å²) in [6.07, 6.45) is 0. The van der Waals surface area contributed by atoms with Crippen LogP contribution >= 0.6 is 27.5 Å². The normalized spacial score (nSPS) is 11.0. The summed E-state index contributed by atoms with van der Waals surface area (Å²) in [6.45, 7) is 2.41. The molecule has 21 heavy (non-hydrogen) atoms. The van der Waals surface area contributed by atoms with Gasteiger partial charge in [-0.2, -0.15) is 0 Å². The average molecular weight is 368 g/mol. The van der Waals surface area contributed by atoms with Crippen LogP contribution in [0.1, 0.15) is 11.3 Å². The molecule has 0 saturated carbocycles. The lowest BCUT2D eigenvalue weighted by Crippen LogP contribution is -2.02. The molecule has 2 N–H and O–H groups in total. The molecule has 0 amide bonds. The van der Waals surface area contributed by atoms with Gasteiger partial charge in [-0.25, -0.2) is 4.39 Å². The molecular formula is C16H13BrClFN2. The molecule has 0 radical (unpaired) electrons. The number of rotatable bonds is 3. The number of hydrogen-bond donors (Lipinski definition) is 2. The number of aromatic nitrogens is 1. The Kier molecular flexibility index (Phi) is 3.91. The Balaban J connectivity index is 1.87. The van der Waals surface area contributed by atoms with E-state index in [0.717, 1.165) is 32.9 Å². The maximum absolute atomic E-state index is 13.4. The zero-order chi connectivity index (χ0) is 15.0. The number of benzene rings is 2. The first-order valence-corrected chi connectivity index (χ1v) is 7.68. The molecule has 0 unspecified atom stereocenters. The van der Waals surface area contributed by atoms with Gasteiger partial charge in [0.15, 0.2) is 0 Å². The molecule has 1 heterocycles. The fourth-order valence-corrected chi connectivity index (χ4v) is 2.93. The molecule has 0 aliphatic heterocycles. The number of aryl methyl sites for hydroxylation is 1. The lowest BCUT2D eigenvalue weighted by Gasteiger charge is -2.10. The summed E-state index contributed by atoms with van der Waals surface area (Å²) in [5.74, 6) is -0.262. The molecule has 2 aromatic carbocycles. The van der Waals surface area contributed by atoms with Gasteiger partial charge in [-0.1, -0.05) is 29.8 Å². The summed E-state index contributed by atoms with van der Waals surface area (Å²) < 4.78 is 13.9. The molecule has 5 heteroatoms. The first-order chi connectivity index (χ1) is 10.1. The Morgan fingerprint density at radius 2 is 2.05 bits per heavy atom. The molecule has 1 aromatic heterocycles. The van der Waals surface area contributed by atoms with Crippen LogP contribution in [0, 0.1) is 12.7 Å². The van der Waals surface area contributed by atoms with Gasteiger partial charge < -0.3 is 10.3 Å². The van der Waals surface area contributed by atoms with E-state index in [-0.39, 0.29) is 5.82 Å². The van der Waals surface area contributed by atoms with Gasteiger partial charge in [0.1, 0.15) is 5.82 Å². The standard InChI is InChI=1S/C16H13BrClFN2/c1-9-6-12(19)11(17)7-14(9)20-8-15-16(18)10-4-2-3-5-13(10)21-15/h2-7,20-21H,8H2,1H3. The first-order valence-electron chi connectivity index (χ1n) is 6.51. The van der Waals surface area contributed by atoms with Gasteiger partial charge in [0.2, 0.25) is 0 Å². The zero-order valence-corrected chi connectivity index (χ0v) is 13.6. The van der Waals surface area contributed by atoms with Gasteiger partial charge in [-0.3, -0.25) is 0 Å². The number of nitrogens with one attached hydrogen (secondary N) is 2. The predicted octanol–water partition coefficient (Wildman–Crippen LogP) is 5.64. The molecular weight excluding hydrogens is 355 g/mol. The summed E-state index contributed by atoms with van der Waals surface area (Å²) in [5, 5.41) is 5.01. The van der Waals surface area contributed by atoms with Crippen LogP contribution in [0.3, 0.4) is 0 Å². The van der Waals surface area contributed by atoms with Crippen LogP contribution in [-0.4, -0.2) is 4.98 Å². The van der Waals surface area contributed by atoms with E-state index in [9.17, 15) is 4.39 Å². The fraction of sp³-hybridized carbons (Fsp3) is 0.125. The number of para-hydroxylation sites is 1. The van der Waals surface area contributed by atoms with Crippen molar-refractivity contribution in [3.8, 4) is 0 Å². The second-order valence-electron chi connectivity index (χ2n) is 4.90. The van der Waals surface area contributed by atoms with E-state index in [1.54, 1.807) is 6.07 Å². The lowest BCUT2D eigenvalue weighted by molar-refractivity contribution is 0.620. The number of anilines is 1. The topological polar surface area (TPSA) is 27.8 Å². The molecule has 0 spiro atoms. The van der Waals surface area contributed by atoms with Crippen molar-refractivity contribution in [2.75, 3.05) is 5.32 Å². The minimum Gasteiger partial charge on any atom is -0.379 e. The molecule has 3 aromatic rings. The van der Waals surface area contributed by atoms with E-state index in [1.165, 1.54) is 6.07 Å². The Hall–Kier alpha value is -1.52. The van der Waals surface area contributed by atoms with E-state index in [2.05, 4.69) is 26.2 Å². The third kappa shape index (κ3) is 2.78. The number of H-pyrrole nitrogens is 1. The molecule has 3 rings (SSSR count). The van der Waals surface area contributed by atoms with Gasteiger partial charge in [-0.05, 0) is 46.6 Å². The van der Waals surface area contributed by atoms with Gasteiger partial charge in [-0.15, -0.1) is 0 Å². The van der Waals surface area contributed by atoms with E-state index < -0.39 is 0 Å². The largest absolute Gasteiger partial charge is 0.379 e. The van der Waals surface area contributed by atoms with Crippen molar-refractivity contribution in [3.63, 3.8) is 0 Å². The van der Waals surface area contributed by atoms with Crippen LogP contribution < -0.4 is 5.32 Å². The fourth-order valence-electron chi connectivity index (χ4n) is 2.31. The minimum atomic E-state index is -0.262. The highest BCUT2D eigenvalue weighted by Gasteiger charge is 2.10. The second kappa shape index (κ2) is 5.70. The molecule has 0 atom stereocenters. The SMILES string of the molecule is Cc1cc(F)c(Br)cc1NCc1[nH]c2ccccc2c1Cl. The quantitative estimate of drug-likeness (QED) is 0.615. The molecule has 0 aliphatic carbocycles. The van der Waals surface area contributed by atoms with Crippen LogP contribution in [0.5, 0.6) is 0 Å². The molecule has 2 nitrogen and oxygen atoms in total. The molecule has 0 fully saturated rings. The molecule has 0 aliphatic rings. The summed E-state index contributed by atoms with van der Waals surface area (Å²) in [7, 11) is 0. The monoisotopic (exact) mass is 366 g/mol. The average Bonchev–Trinajstić information content (AvgIpc) is 2.79. The summed E-state index contributed by atoms with van der Waals surface area (Å²) in [6, 6.07) is 11.1. The van der Waals surface area contributed by atoms with E-state index in [1.807, 2.05) is 31.2 Å². The van der Waals surface area contributed by atoms with Crippen molar-refractivity contribution in [1.82, 2.24) is 4.98 Å². The highest BCUT2D eigenvalue weighted by atomic mass is 79.9. The lowest BCUT2D eigenvalue weighted by atomic mass is 10.2. The summed E-state index contributed by atoms with van der Waals surface area (Å²) >= 11 is 9.58. The Morgan fingerprint density at radius 1 is 1.29 bits per heavy atom. The van der Waals surface area contributed by atoms with Crippen LogP contribution in [0.25, 0.3) is 10.9 Å². The number of halogens is 3. The van der Waals surface area contributed by atoms with Crippen LogP contribution in [0.4, 0.5) is 10.1 Å². The van der Waals surface area contributed by atoms with Crippen molar-refractivity contribution in [1.29, 1.82) is 0 Å². The number of hydrogen-bond acceptors (Lipinski definition) is 1. The first kappa shape index (κ1) is 14.4. The Labute approximate surface area is 135 Å². The maximum atomic E-state index is 13.4. The predicted molar refractivity (Wildman–Crippen MR) is 89.5 cm³/mol. The second-order valence-corrected chi connectivity index (χ2v) is 6.13. The minimum absolute atomic E-state index is 0.262. The highest BCUT2D eigenvalue weighted by molar-refractivity contribution is 9.10. The van der Waals surface area contributed by atoms with Crippen LogP contribution in [-0.2, 0) is 6.54 Å². The molecule has 0 saturated heterocycles.